The molecule has 0 radical (unpaired) electrons. The minimum atomic E-state index is 0.322. The quantitative estimate of drug-likeness (QED) is 0.380. The van der Waals surface area contributed by atoms with Gasteiger partial charge in [-0.05, 0) is 0 Å². The van der Waals surface area contributed by atoms with Gasteiger partial charge in [0.2, 0.25) is 0 Å². The van der Waals surface area contributed by atoms with Gasteiger partial charge >= 0.3 is 155 Å². The molecule has 0 amide bonds. The molecule has 0 aliphatic rings. The van der Waals surface area contributed by atoms with Crippen LogP contribution in [0.3, 0.4) is 0 Å². The Balaban J connectivity index is 1.80. The van der Waals surface area contributed by atoms with Crippen molar-refractivity contribution in [2.75, 3.05) is 0 Å². The van der Waals surface area contributed by atoms with Gasteiger partial charge in [0.1, 0.15) is 0 Å². The van der Waals surface area contributed by atoms with E-state index in [0.717, 1.165) is 6.42 Å². The van der Waals surface area contributed by atoms with Crippen LogP contribution in [0.1, 0.15) is 11.1 Å². The Morgan fingerprint density at radius 1 is 0.480 bits per heavy atom. The molecule has 0 spiro atoms. The van der Waals surface area contributed by atoms with E-state index in [4.69, 9.17) is 0 Å². The van der Waals surface area contributed by atoms with Gasteiger partial charge in [-0.3, -0.25) is 0 Å². The van der Waals surface area contributed by atoms with Crippen LogP contribution >= 0.6 is 0 Å². The second kappa shape index (κ2) is 7.61. The second-order valence-corrected chi connectivity index (χ2v) is 8.36. The van der Waals surface area contributed by atoms with Crippen molar-refractivity contribution in [3.8, 4) is 20.0 Å². The molecule has 1 aromatic heterocycles. The van der Waals surface area contributed by atoms with Crippen LogP contribution in [0.4, 0.5) is 0 Å². The summed E-state index contributed by atoms with van der Waals surface area (Å²) in [7, 11) is 0. The first-order valence-electron chi connectivity index (χ1n) is 8.50. The number of hydrogen-bond donors (Lipinski definition) is 0. The van der Waals surface area contributed by atoms with Crippen molar-refractivity contribution in [2.24, 2.45) is 0 Å². The average molecular weight is 386 g/mol. The molecule has 0 unspecified atom stereocenters. The molecule has 25 heavy (non-hydrogen) atoms. The molecule has 1 heterocycles. The third-order valence-electron chi connectivity index (χ3n) is 4.22. The Morgan fingerprint density at radius 2 is 0.920 bits per heavy atom. The maximum atomic E-state index is 2.40. The third-order valence-corrected chi connectivity index (χ3v) is 6.63. The van der Waals surface area contributed by atoms with E-state index in [1.165, 1.54) is 31.1 Å². The zero-order valence-corrected chi connectivity index (χ0v) is 15.6. The molecular formula is C24H19Se+. The molecule has 0 aliphatic heterocycles. The fraction of sp³-hybridized carbons (Fsp3) is 0.0417. The van der Waals surface area contributed by atoms with Crippen molar-refractivity contribution >= 4 is 14.5 Å². The maximum absolute atomic E-state index is 2.40. The van der Waals surface area contributed by atoms with Crippen LogP contribution in [-0.4, -0.2) is 14.5 Å². The molecular weight excluding hydrogens is 367 g/mol. The van der Waals surface area contributed by atoms with E-state index in [1.54, 1.807) is 0 Å². The summed E-state index contributed by atoms with van der Waals surface area (Å²) in [6.07, 6.45) is 0.976. The van der Waals surface area contributed by atoms with Crippen LogP contribution in [0.2, 0.25) is 0 Å². The van der Waals surface area contributed by atoms with E-state index in [1.807, 2.05) is 0 Å². The van der Waals surface area contributed by atoms with Crippen molar-refractivity contribution in [1.82, 2.24) is 0 Å². The summed E-state index contributed by atoms with van der Waals surface area (Å²) in [5.74, 6) is 0. The molecule has 0 saturated heterocycles. The zero-order valence-electron chi connectivity index (χ0n) is 13.9. The summed E-state index contributed by atoms with van der Waals surface area (Å²) in [4.78, 5) is 0. The van der Waals surface area contributed by atoms with Gasteiger partial charge in [0, 0.05) is 0 Å². The summed E-state index contributed by atoms with van der Waals surface area (Å²) in [5.41, 5.74) is 5.43. The van der Waals surface area contributed by atoms with E-state index in [0.29, 0.717) is 14.5 Å². The molecule has 0 bridgehead atoms. The van der Waals surface area contributed by atoms with Crippen LogP contribution < -0.4 is 0 Å². The average Bonchev–Trinajstić information content (AvgIpc) is 2.70. The molecule has 4 aromatic rings. The Hall–Kier alpha value is -2.47. The summed E-state index contributed by atoms with van der Waals surface area (Å²) in [6, 6.07) is 37.1. The van der Waals surface area contributed by atoms with E-state index in [2.05, 4.69) is 103 Å². The van der Waals surface area contributed by atoms with Gasteiger partial charge in [0.25, 0.3) is 0 Å². The first-order valence-corrected chi connectivity index (χ1v) is 10.2. The first-order chi connectivity index (χ1) is 12.4. The van der Waals surface area contributed by atoms with Crippen LogP contribution in [0.15, 0.2) is 103 Å². The standard InChI is InChI=1S/C24H19Se/c1-4-10-19(11-5-1)16-20-17-23(21-12-6-2-7-13-21)25-24(18-20)22-14-8-3-9-15-22/h1-15,17-18H,16H2/q+1. The van der Waals surface area contributed by atoms with Crippen LogP contribution in [-0.2, 0) is 6.42 Å². The fourth-order valence-electron chi connectivity index (χ4n) is 2.98. The third kappa shape index (κ3) is 3.96. The van der Waals surface area contributed by atoms with Crippen molar-refractivity contribution in [3.63, 3.8) is 0 Å². The van der Waals surface area contributed by atoms with Gasteiger partial charge < -0.3 is 0 Å². The summed E-state index contributed by atoms with van der Waals surface area (Å²) in [5, 5.41) is 0. The van der Waals surface area contributed by atoms with Crippen LogP contribution in [0.5, 0.6) is 0 Å². The molecule has 0 nitrogen and oxygen atoms in total. The molecule has 4 rings (SSSR count). The second-order valence-electron chi connectivity index (χ2n) is 6.09. The fourth-order valence-corrected chi connectivity index (χ4v) is 5.42. The molecule has 0 aliphatic carbocycles. The Morgan fingerprint density at radius 3 is 1.40 bits per heavy atom. The number of rotatable bonds is 4. The molecule has 120 valence electrons. The summed E-state index contributed by atoms with van der Waals surface area (Å²) < 4.78 is 2.92. The molecule has 0 fully saturated rings. The predicted molar refractivity (Wildman–Crippen MR) is 108 cm³/mol. The Bertz CT molecular complexity index is 887. The molecule has 0 saturated carbocycles. The predicted octanol–water partition coefficient (Wildman–Crippen LogP) is 5.95. The topological polar surface area (TPSA) is 0 Å². The summed E-state index contributed by atoms with van der Waals surface area (Å²) in [6.45, 7) is 0. The van der Waals surface area contributed by atoms with Gasteiger partial charge in [0.05, 0.1) is 0 Å². The molecule has 0 atom stereocenters. The molecule has 1 heteroatoms. The van der Waals surface area contributed by atoms with Crippen molar-refractivity contribution < 1.29 is 0 Å². The number of benzene rings is 3. The van der Waals surface area contributed by atoms with E-state index < -0.39 is 0 Å². The Kier molecular flexibility index (Phi) is 4.88. The van der Waals surface area contributed by atoms with Gasteiger partial charge in [-0.15, -0.1) is 0 Å². The normalized spacial score (nSPS) is 10.6. The monoisotopic (exact) mass is 387 g/mol. The number of hydrogen-bond acceptors (Lipinski definition) is 0. The van der Waals surface area contributed by atoms with E-state index in [9.17, 15) is 0 Å². The van der Waals surface area contributed by atoms with Gasteiger partial charge in [-0.2, -0.15) is 0 Å². The molecule has 3 aromatic carbocycles. The molecule has 0 N–H and O–H groups in total. The van der Waals surface area contributed by atoms with E-state index in [-0.39, 0.29) is 0 Å². The van der Waals surface area contributed by atoms with Gasteiger partial charge in [0.15, 0.2) is 0 Å². The van der Waals surface area contributed by atoms with Gasteiger partial charge in [-0.1, -0.05) is 0 Å². The zero-order chi connectivity index (χ0) is 16.9. The van der Waals surface area contributed by atoms with Crippen molar-refractivity contribution in [2.45, 2.75) is 6.42 Å². The van der Waals surface area contributed by atoms with E-state index >= 15 is 0 Å². The van der Waals surface area contributed by atoms with Crippen LogP contribution in [0, 0.1) is 0 Å². The van der Waals surface area contributed by atoms with Crippen molar-refractivity contribution in [3.05, 3.63) is 114 Å². The minimum absolute atomic E-state index is 0.322. The Labute approximate surface area is 155 Å². The van der Waals surface area contributed by atoms with Crippen molar-refractivity contribution in [1.29, 1.82) is 0 Å². The van der Waals surface area contributed by atoms with Crippen LogP contribution in [0.25, 0.3) is 20.0 Å². The SMILES string of the molecule is c1ccc(Cc2cc(-c3ccccc3)[se+]c(-c3ccccc3)c2)cc1. The van der Waals surface area contributed by atoms with Gasteiger partial charge in [-0.25, -0.2) is 0 Å². The summed E-state index contributed by atoms with van der Waals surface area (Å²) >= 11 is 0.322. The first kappa shape index (κ1) is 16.0.